The lowest BCUT2D eigenvalue weighted by atomic mass is 9.96. The molecular formula is C26H36FN3O. The first-order chi connectivity index (χ1) is 14.9. The SMILES string of the molecule is CC(=O)c1cccc(CN(CCN(C)C)C[C@@H]2CCCN(Cc3ccccc3F)C2)c1. The summed E-state index contributed by atoms with van der Waals surface area (Å²) in [7, 11) is 4.20. The van der Waals surface area contributed by atoms with Crippen LogP contribution in [-0.2, 0) is 13.1 Å². The van der Waals surface area contributed by atoms with E-state index in [1.54, 1.807) is 19.1 Å². The number of hydrogen-bond acceptors (Lipinski definition) is 4. The fraction of sp³-hybridized carbons (Fsp3) is 0.500. The minimum absolute atomic E-state index is 0.109. The van der Waals surface area contributed by atoms with Crippen LogP contribution in [0.15, 0.2) is 48.5 Å². The lowest BCUT2D eigenvalue weighted by Gasteiger charge is -2.36. The highest BCUT2D eigenvalue weighted by Crippen LogP contribution is 2.21. The van der Waals surface area contributed by atoms with Crippen LogP contribution >= 0.6 is 0 Å². The number of hydrogen-bond donors (Lipinski definition) is 0. The van der Waals surface area contributed by atoms with Crippen LogP contribution in [0.2, 0.25) is 0 Å². The summed E-state index contributed by atoms with van der Waals surface area (Å²) in [6.45, 7) is 8.18. The standard InChI is InChI=1S/C26H36FN3O/c1-21(31)24-11-6-8-22(16-24)17-30(15-14-28(2)3)19-23-9-7-13-29(18-23)20-25-10-4-5-12-26(25)27/h4-6,8,10-12,16,23H,7,9,13-15,17-20H2,1-3H3/t23-/m1/s1. The summed E-state index contributed by atoms with van der Waals surface area (Å²) in [5, 5.41) is 0. The number of nitrogens with zero attached hydrogens (tertiary/aromatic N) is 3. The minimum Gasteiger partial charge on any atom is -0.308 e. The molecule has 31 heavy (non-hydrogen) atoms. The molecule has 1 heterocycles. The number of halogens is 1. The molecule has 0 bridgehead atoms. The molecule has 1 aliphatic rings. The molecular weight excluding hydrogens is 389 g/mol. The zero-order valence-electron chi connectivity index (χ0n) is 19.2. The van der Waals surface area contributed by atoms with Crippen molar-refractivity contribution < 1.29 is 9.18 Å². The van der Waals surface area contributed by atoms with Crippen molar-refractivity contribution in [2.45, 2.75) is 32.9 Å². The van der Waals surface area contributed by atoms with Crippen molar-refractivity contribution in [3.05, 3.63) is 71.0 Å². The van der Waals surface area contributed by atoms with E-state index in [1.165, 1.54) is 12.0 Å². The van der Waals surface area contributed by atoms with Crippen LogP contribution in [0.25, 0.3) is 0 Å². The van der Waals surface area contributed by atoms with Crippen molar-refractivity contribution in [1.82, 2.24) is 14.7 Å². The van der Waals surface area contributed by atoms with Crippen LogP contribution in [0, 0.1) is 11.7 Å². The van der Waals surface area contributed by atoms with E-state index in [-0.39, 0.29) is 11.6 Å². The van der Waals surface area contributed by atoms with Gasteiger partial charge in [0, 0.05) is 50.4 Å². The number of benzene rings is 2. The third-order valence-corrected chi connectivity index (χ3v) is 6.07. The monoisotopic (exact) mass is 425 g/mol. The number of Topliss-reactive ketones (excluding diaryl/α,β-unsaturated/α-hetero) is 1. The molecule has 0 unspecified atom stereocenters. The Kier molecular flexibility index (Phi) is 8.76. The highest BCUT2D eigenvalue weighted by atomic mass is 19.1. The summed E-state index contributed by atoms with van der Waals surface area (Å²) in [4.78, 5) is 18.9. The molecule has 1 atom stereocenters. The van der Waals surface area contributed by atoms with Crippen LogP contribution < -0.4 is 0 Å². The molecule has 1 fully saturated rings. The zero-order valence-corrected chi connectivity index (χ0v) is 19.2. The topological polar surface area (TPSA) is 26.8 Å². The molecule has 0 aliphatic carbocycles. The second-order valence-electron chi connectivity index (χ2n) is 9.13. The van der Waals surface area contributed by atoms with E-state index in [1.807, 2.05) is 30.3 Å². The van der Waals surface area contributed by atoms with Gasteiger partial charge in [0.15, 0.2) is 5.78 Å². The number of ketones is 1. The fourth-order valence-corrected chi connectivity index (χ4v) is 4.40. The van der Waals surface area contributed by atoms with Crippen molar-refractivity contribution in [2.75, 3.05) is 46.8 Å². The molecule has 2 aromatic rings. The van der Waals surface area contributed by atoms with Crippen LogP contribution in [0.1, 0.15) is 41.3 Å². The molecule has 0 N–H and O–H groups in total. The Labute approximate surface area is 186 Å². The van der Waals surface area contributed by atoms with Gasteiger partial charge in [0.05, 0.1) is 0 Å². The van der Waals surface area contributed by atoms with Gasteiger partial charge in [0.1, 0.15) is 5.82 Å². The molecule has 1 saturated heterocycles. The largest absolute Gasteiger partial charge is 0.308 e. The van der Waals surface area contributed by atoms with Gasteiger partial charge in [-0.2, -0.15) is 0 Å². The first-order valence-electron chi connectivity index (χ1n) is 11.3. The van der Waals surface area contributed by atoms with E-state index >= 15 is 0 Å². The Morgan fingerprint density at radius 2 is 1.94 bits per heavy atom. The van der Waals surface area contributed by atoms with E-state index in [9.17, 15) is 9.18 Å². The van der Waals surface area contributed by atoms with Gasteiger partial charge in [0.25, 0.3) is 0 Å². The maximum absolute atomic E-state index is 14.1. The molecule has 1 aliphatic heterocycles. The summed E-state index contributed by atoms with van der Waals surface area (Å²) >= 11 is 0. The van der Waals surface area contributed by atoms with Gasteiger partial charge in [-0.15, -0.1) is 0 Å². The van der Waals surface area contributed by atoms with E-state index in [0.717, 1.165) is 56.8 Å². The first-order valence-corrected chi connectivity index (χ1v) is 11.3. The van der Waals surface area contributed by atoms with Gasteiger partial charge in [-0.05, 0) is 64.0 Å². The van der Waals surface area contributed by atoms with Crippen molar-refractivity contribution >= 4 is 5.78 Å². The Bertz CT molecular complexity index is 854. The highest BCUT2D eigenvalue weighted by Gasteiger charge is 2.23. The summed E-state index contributed by atoms with van der Waals surface area (Å²) in [5.41, 5.74) is 2.75. The third-order valence-electron chi connectivity index (χ3n) is 6.07. The van der Waals surface area contributed by atoms with Gasteiger partial charge >= 0.3 is 0 Å². The van der Waals surface area contributed by atoms with Crippen molar-refractivity contribution in [1.29, 1.82) is 0 Å². The van der Waals surface area contributed by atoms with Crippen molar-refractivity contribution in [3.8, 4) is 0 Å². The van der Waals surface area contributed by atoms with Gasteiger partial charge in [-0.1, -0.05) is 36.4 Å². The molecule has 3 rings (SSSR count). The molecule has 168 valence electrons. The molecule has 4 nitrogen and oxygen atoms in total. The molecule has 0 radical (unpaired) electrons. The van der Waals surface area contributed by atoms with E-state index in [0.29, 0.717) is 12.5 Å². The average molecular weight is 426 g/mol. The van der Waals surface area contributed by atoms with E-state index < -0.39 is 0 Å². The Morgan fingerprint density at radius 1 is 1.13 bits per heavy atom. The number of likely N-dealkylation sites (tertiary alicyclic amines) is 1. The quantitative estimate of drug-likeness (QED) is 0.530. The van der Waals surface area contributed by atoms with Crippen LogP contribution in [0.5, 0.6) is 0 Å². The molecule has 5 heteroatoms. The fourth-order valence-electron chi connectivity index (χ4n) is 4.40. The Balaban J connectivity index is 1.63. The second-order valence-corrected chi connectivity index (χ2v) is 9.13. The summed E-state index contributed by atoms with van der Waals surface area (Å²) < 4.78 is 14.1. The molecule has 2 aromatic carbocycles. The zero-order chi connectivity index (χ0) is 22.2. The molecule has 0 amide bonds. The number of carbonyl (C=O) groups is 1. The molecule has 0 spiro atoms. The van der Waals surface area contributed by atoms with Crippen LogP contribution in [0.4, 0.5) is 4.39 Å². The first kappa shape index (κ1) is 23.6. The minimum atomic E-state index is -0.109. The smallest absolute Gasteiger partial charge is 0.159 e. The lowest BCUT2D eigenvalue weighted by molar-refractivity contribution is 0.101. The van der Waals surface area contributed by atoms with E-state index in [2.05, 4.69) is 34.9 Å². The van der Waals surface area contributed by atoms with Crippen molar-refractivity contribution in [3.63, 3.8) is 0 Å². The Hall–Kier alpha value is -2.08. The molecule has 0 aromatic heterocycles. The normalized spacial score (nSPS) is 17.4. The average Bonchev–Trinajstić information content (AvgIpc) is 2.74. The number of piperidine rings is 1. The van der Waals surface area contributed by atoms with Crippen LogP contribution in [-0.4, -0.2) is 67.3 Å². The predicted octanol–water partition coefficient (Wildman–Crippen LogP) is 4.30. The predicted molar refractivity (Wildman–Crippen MR) is 125 cm³/mol. The lowest BCUT2D eigenvalue weighted by Crippen LogP contribution is -2.42. The van der Waals surface area contributed by atoms with Gasteiger partial charge in [0.2, 0.25) is 0 Å². The van der Waals surface area contributed by atoms with Gasteiger partial charge in [-0.3, -0.25) is 14.6 Å². The van der Waals surface area contributed by atoms with Gasteiger partial charge < -0.3 is 4.90 Å². The third kappa shape index (κ3) is 7.53. The maximum Gasteiger partial charge on any atom is 0.159 e. The number of likely N-dealkylation sites (N-methyl/N-ethyl adjacent to an activating group) is 1. The Morgan fingerprint density at radius 3 is 2.68 bits per heavy atom. The number of rotatable bonds is 10. The second kappa shape index (κ2) is 11.5. The van der Waals surface area contributed by atoms with Gasteiger partial charge in [-0.25, -0.2) is 4.39 Å². The van der Waals surface area contributed by atoms with Crippen molar-refractivity contribution in [2.24, 2.45) is 5.92 Å². The molecule has 0 saturated carbocycles. The highest BCUT2D eigenvalue weighted by molar-refractivity contribution is 5.94. The summed E-state index contributed by atoms with van der Waals surface area (Å²) in [5.74, 6) is 0.569. The summed E-state index contributed by atoms with van der Waals surface area (Å²) in [6.07, 6.45) is 2.36. The maximum atomic E-state index is 14.1. The summed E-state index contributed by atoms with van der Waals surface area (Å²) in [6, 6.07) is 15.1. The number of carbonyl (C=O) groups excluding carboxylic acids is 1. The van der Waals surface area contributed by atoms with E-state index in [4.69, 9.17) is 0 Å². The van der Waals surface area contributed by atoms with Crippen LogP contribution in [0.3, 0.4) is 0 Å².